The fourth-order valence-corrected chi connectivity index (χ4v) is 4.75. The summed E-state index contributed by atoms with van der Waals surface area (Å²) in [5, 5.41) is 19.7. The monoisotopic (exact) mass is 515 g/mol. The van der Waals surface area contributed by atoms with Crippen LogP contribution in [0.1, 0.15) is 29.2 Å². The van der Waals surface area contributed by atoms with E-state index in [0.717, 1.165) is 33.9 Å². The predicted octanol–water partition coefficient (Wildman–Crippen LogP) is 8.57. The highest BCUT2D eigenvalue weighted by atomic mass is 16.5. The zero-order valence-electron chi connectivity index (χ0n) is 22.5. The first-order valence-corrected chi connectivity index (χ1v) is 13.1. The van der Waals surface area contributed by atoms with Gasteiger partial charge >= 0.3 is 0 Å². The molecular weight excluding hydrogens is 482 g/mol. The minimum absolute atomic E-state index is 0.218. The van der Waals surface area contributed by atoms with E-state index >= 15 is 0 Å². The van der Waals surface area contributed by atoms with E-state index in [2.05, 4.69) is 86.3 Å². The molecule has 5 rings (SSSR count). The van der Waals surface area contributed by atoms with Gasteiger partial charge in [-0.1, -0.05) is 59.7 Å². The molecule has 0 bridgehead atoms. The smallest absolute Gasteiger partial charge is 0.119 e. The van der Waals surface area contributed by atoms with E-state index in [9.17, 15) is 10.2 Å². The van der Waals surface area contributed by atoms with Crippen molar-refractivity contribution in [3.63, 3.8) is 0 Å². The van der Waals surface area contributed by atoms with Gasteiger partial charge in [0.15, 0.2) is 0 Å². The van der Waals surface area contributed by atoms with Gasteiger partial charge in [-0.25, -0.2) is 0 Å². The zero-order valence-corrected chi connectivity index (χ0v) is 22.5. The highest BCUT2D eigenvalue weighted by molar-refractivity contribution is 5.76. The van der Waals surface area contributed by atoms with Crippen molar-refractivity contribution in [2.24, 2.45) is 0 Å². The SMILES string of the molecule is Cc1ccc(N(c2ccc(C)cc2)c2ccc(OCC(C)(c3ccc(O)cc3)c3ccc(O)cc3)cc2)cc1. The van der Waals surface area contributed by atoms with Crippen LogP contribution in [0.3, 0.4) is 0 Å². The van der Waals surface area contributed by atoms with Gasteiger partial charge < -0.3 is 19.8 Å². The fourth-order valence-electron chi connectivity index (χ4n) is 4.75. The standard InChI is InChI=1S/C35H33NO3/c1-25-4-12-29(13-5-25)36(30-14-6-26(2)7-15-30)31-16-22-34(23-17-31)39-24-35(3,27-8-18-32(37)19-9-27)28-10-20-33(38)21-11-28/h4-23,37-38H,24H2,1-3H3. The molecule has 0 amide bonds. The molecule has 2 N–H and O–H groups in total. The molecule has 0 aliphatic carbocycles. The van der Waals surface area contributed by atoms with Gasteiger partial charge in [0, 0.05) is 17.1 Å². The molecule has 0 aliphatic heterocycles. The molecule has 5 aromatic carbocycles. The Bertz CT molecular complexity index is 1420. The maximum Gasteiger partial charge on any atom is 0.119 e. The molecule has 0 unspecified atom stereocenters. The van der Waals surface area contributed by atoms with Crippen molar-refractivity contribution >= 4 is 17.1 Å². The topological polar surface area (TPSA) is 52.9 Å². The molecule has 0 saturated heterocycles. The van der Waals surface area contributed by atoms with Crippen molar-refractivity contribution in [3.8, 4) is 17.2 Å². The third-order valence-corrected chi connectivity index (χ3v) is 7.22. The number of aromatic hydroxyl groups is 2. The van der Waals surface area contributed by atoms with Crippen molar-refractivity contribution in [2.75, 3.05) is 11.5 Å². The summed E-state index contributed by atoms with van der Waals surface area (Å²) in [5.41, 5.74) is 7.16. The van der Waals surface area contributed by atoms with Crippen molar-refractivity contribution in [1.29, 1.82) is 0 Å². The summed E-state index contributed by atoms with van der Waals surface area (Å²) >= 11 is 0. The Labute approximate surface area is 230 Å². The second-order valence-electron chi connectivity index (χ2n) is 10.2. The lowest BCUT2D eigenvalue weighted by Crippen LogP contribution is -2.31. The van der Waals surface area contributed by atoms with Gasteiger partial charge in [-0.15, -0.1) is 0 Å². The summed E-state index contributed by atoms with van der Waals surface area (Å²) in [6.07, 6.45) is 0. The van der Waals surface area contributed by atoms with E-state index in [1.165, 1.54) is 11.1 Å². The Morgan fingerprint density at radius 2 is 0.897 bits per heavy atom. The molecule has 4 nitrogen and oxygen atoms in total. The lowest BCUT2D eigenvalue weighted by atomic mass is 9.77. The van der Waals surface area contributed by atoms with Gasteiger partial charge in [0.25, 0.3) is 0 Å². The average Bonchev–Trinajstić information content (AvgIpc) is 2.95. The quantitative estimate of drug-likeness (QED) is 0.217. The van der Waals surface area contributed by atoms with Crippen LogP contribution in [0, 0.1) is 13.8 Å². The van der Waals surface area contributed by atoms with E-state index in [1.807, 2.05) is 36.4 Å². The molecule has 0 spiro atoms. The third-order valence-electron chi connectivity index (χ3n) is 7.22. The Morgan fingerprint density at radius 1 is 0.538 bits per heavy atom. The van der Waals surface area contributed by atoms with Gasteiger partial charge in [0.05, 0.1) is 5.41 Å². The summed E-state index contributed by atoms with van der Waals surface area (Å²) < 4.78 is 6.37. The molecule has 0 aliphatic rings. The number of benzene rings is 5. The predicted molar refractivity (Wildman–Crippen MR) is 159 cm³/mol. The van der Waals surface area contributed by atoms with E-state index < -0.39 is 5.41 Å². The first-order valence-electron chi connectivity index (χ1n) is 13.1. The maximum atomic E-state index is 9.83. The number of phenols is 2. The van der Waals surface area contributed by atoms with Crippen LogP contribution < -0.4 is 9.64 Å². The van der Waals surface area contributed by atoms with Crippen LogP contribution in [0.5, 0.6) is 17.2 Å². The summed E-state index contributed by atoms with van der Waals surface area (Å²) in [4.78, 5) is 2.24. The van der Waals surface area contributed by atoms with Crippen molar-refractivity contribution in [3.05, 3.63) is 144 Å². The lowest BCUT2D eigenvalue weighted by molar-refractivity contribution is 0.253. The van der Waals surface area contributed by atoms with E-state index in [1.54, 1.807) is 24.3 Å². The van der Waals surface area contributed by atoms with E-state index in [0.29, 0.717) is 6.61 Å². The first-order chi connectivity index (χ1) is 18.8. The molecular formula is C35H33NO3. The highest BCUT2D eigenvalue weighted by Gasteiger charge is 2.30. The van der Waals surface area contributed by atoms with Crippen LogP contribution in [0.15, 0.2) is 121 Å². The molecule has 0 fully saturated rings. The molecule has 39 heavy (non-hydrogen) atoms. The molecule has 0 saturated carbocycles. The molecule has 4 heteroatoms. The van der Waals surface area contributed by atoms with E-state index in [4.69, 9.17) is 4.74 Å². The Kier molecular flexibility index (Phi) is 7.29. The number of phenolic OH excluding ortho intramolecular Hbond substituents is 2. The van der Waals surface area contributed by atoms with Crippen molar-refractivity contribution < 1.29 is 14.9 Å². The van der Waals surface area contributed by atoms with Crippen LogP contribution in [-0.2, 0) is 5.41 Å². The van der Waals surface area contributed by atoms with Crippen LogP contribution in [0.4, 0.5) is 17.1 Å². The molecule has 0 atom stereocenters. The number of rotatable bonds is 8. The first kappa shape index (κ1) is 25.9. The van der Waals surface area contributed by atoms with Crippen molar-refractivity contribution in [1.82, 2.24) is 0 Å². The molecule has 5 aromatic rings. The van der Waals surface area contributed by atoms with Crippen LogP contribution in [0.2, 0.25) is 0 Å². The lowest BCUT2D eigenvalue weighted by Gasteiger charge is -2.31. The number of hydrogen-bond donors (Lipinski definition) is 2. The Morgan fingerprint density at radius 3 is 1.28 bits per heavy atom. The van der Waals surface area contributed by atoms with Gasteiger partial charge in [0.2, 0.25) is 0 Å². The van der Waals surface area contributed by atoms with Crippen LogP contribution in [0.25, 0.3) is 0 Å². The van der Waals surface area contributed by atoms with Gasteiger partial charge in [-0.05, 0) is 105 Å². The van der Waals surface area contributed by atoms with Crippen LogP contribution in [-0.4, -0.2) is 16.8 Å². The second-order valence-corrected chi connectivity index (χ2v) is 10.2. The summed E-state index contributed by atoms with van der Waals surface area (Å²) in [6, 6.07) is 39.6. The largest absolute Gasteiger partial charge is 0.508 e. The summed E-state index contributed by atoms with van der Waals surface area (Å²) in [6.45, 7) is 6.67. The maximum absolute atomic E-state index is 9.83. The minimum Gasteiger partial charge on any atom is -0.508 e. The summed E-state index contributed by atoms with van der Waals surface area (Å²) in [5.74, 6) is 1.19. The fraction of sp³-hybridized carbons (Fsp3) is 0.143. The molecule has 196 valence electrons. The van der Waals surface area contributed by atoms with Crippen LogP contribution >= 0.6 is 0 Å². The Balaban J connectivity index is 1.43. The van der Waals surface area contributed by atoms with Crippen molar-refractivity contribution in [2.45, 2.75) is 26.2 Å². The number of hydrogen-bond acceptors (Lipinski definition) is 4. The van der Waals surface area contributed by atoms with Gasteiger partial charge in [-0.2, -0.15) is 0 Å². The second kappa shape index (κ2) is 11.0. The average molecular weight is 516 g/mol. The molecule has 0 heterocycles. The number of ether oxygens (including phenoxy) is 1. The normalized spacial score (nSPS) is 11.3. The molecule has 0 aromatic heterocycles. The molecule has 0 radical (unpaired) electrons. The number of anilines is 3. The van der Waals surface area contributed by atoms with Gasteiger partial charge in [-0.3, -0.25) is 0 Å². The number of nitrogens with zero attached hydrogens (tertiary/aromatic N) is 1. The third kappa shape index (κ3) is 5.75. The van der Waals surface area contributed by atoms with E-state index in [-0.39, 0.29) is 11.5 Å². The Hall–Kier alpha value is -4.70. The summed E-state index contributed by atoms with van der Waals surface area (Å²) in [7, 11) is 0. The van der Waals surface area contributed by atoms with Gasteiger partial charge in [0.1, 0.15) is 23.9 Å². The zero-order chi connectivity index (χ0) is 27.4. The highest BCUT2D eigenvalue weighted by Crippen LogP contribution is 2.37. The number of aryl methyl sites for hydroxylation is 2. The minimum atomic E-state index is -0.504.